The van der Waals surface area contributed by atoms with Crippen LogP contribution in [0.15, 0.2) is 42.5 Å². The van der Waals surface area contributed by atoms with Crippen LogP contribution in [0.5, 0.6) is 11.5 Å². The van der Waals surface area contributed by atoms with Crippen molar-refractivity contribution in [1.29, 1.82) is 0 Å². The monoisotopic (exact) mass is 390 g/mol. The van der Waals surface area contributed by atoms with Crippen LogP contribution in [0.2, 0.25) is 5.02 Å². The number of carbonyl (C=O) groups excluding carboxylic acids is 2. The van der Waals surface area contributed by atoms with Gasteiger partial charge in [-0.3, -0.25) is 9.59 Å². The maximum absolute atomic E-state index is 12.2. The van der Waals surface area contributed by atoms with Crippen LogP contribution in [0.3, 0.4) is 0 Å². The highest BCUT2D eigenvalue weighted by Crippen LogP contribution is 2.27. The molecule has 1 atom stereocenters. The first-order chi connectivity index (χ1) is 13.0. The average molecular weight is 391 g/mol. The van der Waals surface area contributed by atoms with E-state index in [1.54, 1.807) is 45.4 Å². The molecule has 0 fully saturated rings. The summed E-state index contributed by atoms with van der Waals surface area (Å²) in [4.78, 5) is 24.4. The van der Waals surface area contributed by atoms with E-state index in [0.717, 1.165) is 5.56 Å². The number of nitrogens with one attached hydrogen (secondary N) is 2. The lowest BCUT2D eigenvalue weighted by Gasteiger charge is -2.15. The second kappa shape index (κ2) is 9.83. The van der Waals surface area contributed by atoms with Crippen molar-refractivity contribution in [2.75, 3.05) is 20.8 Å². The van der Waals surface area contributed by atoms with Crippen LogP contribution in [-0.2, 0) is 11.2 Å². The van der Waals surface area contributed by atoms with E-state index in [4.69, 9.17) is 21.1 Å². The number of hydrogen-bond donors (Lipinski definition) is 2. The van der Waals surface area contributed by atoms with Crippen LogP contribution in [0.1, 0.15) is 22.8 Å². The summed E-state index contributed by atoms with van der Waals surface area (Å²) < 4.78 is 10.5. The zero-order chi connectivity index (χ0) is 19.8. The minimum absolute atomic E-state index is 0.268. The van der Waals surface area contributed by atoms with Gasteiger partial charge in [0.15, 0.2) is 11.5 Å². The molecule has 0 aliphatic heterocycles. The zero-order valence-electron chi connectivity index (χ0n) is 15.5. The third kappa shape index (κ3) is 5.62. The second-order valence-corrected chi connectivity index (χ2v) is 6.31. The Balaban J connectivity index is 1.85. The number of methoxy groups -OCH3 is 2. The summed E-state index contributed by atoms with van der Waals surface area (Å²) in [6.07, 6.45) is 0.622. The fraction of sp³-hybridized carbons (Fsp3) is 0.300. The van der Waals surface area contributed by atoms with Gasteiger partial charge < -0.3 is 20.1 Å². The largest absolute Gasteiger partial charge is 0.493 e. The molecule has 6 nitrogen and oxygen atoms in total. The number of rotatable bonds is 8. The van der Waals surface area contributed by atoms with Crippen molar-refractivity contribution in [2.45, 2.75) is 19.4 Å². The highest BCUT2D eigenvalue weighted by Gasteiger charge is 2.17. The molecular weight excluding hydrogens is 368 g/mol. The summed E-state index contributed by atoms with van der Waals surface area (Å²) >= 11 is 6.00. The van der Waals surface area contributed by atoms with E-state index in [1.807, 2.05) is 18.2 Å². The van der Waals surface area contributed by atoms with Crippen LogP contribution in [-0.4, -0.2) is 38.6 Å². The molecule has 0 saturated heterocycles. The van der Waals surface area contributed by atoms with Gasteiger partial charge in [-0.15, -0.1) is 0 Å². The quantitative estimate of drug-likeness (QED) is 0.726. The molecule has 0 spiro atoms. The molecule has 0 saturated carbocycles. The van der Waals surface area contributed by atoms with Crippen LogP contribution in [0.4, 0.5) is 0 Å². The highest BCUT2D eigenvalue weighted by molar-refractivity contribution is 6.33. The van der Waals surface area contributed by atoms with Crippen LogP contribution >= 0.6 is 11.6 Å². The first-order valence-electron chi connectivity index (χ1n) is 8.50. The molecular formula is C20H23ClN2O4. The number of hydrogen-bond acceptors (Lipinski definition) is 4. The van der Waals surface area contributed by atoms with Crippen molar-refractivity contribution in [3.05, 3.63) is 58.6 Å². The van der Waals surface area contributed by atoms with Gasteiger partial charge in [0, 0.05) is 6.54 Å². The predicted molar refractivity (Wildman–Crippen MR) is 105 cm³/mol. The van der Waals surface area contributed by atoms with Crippen LogP contribution < -0.4 is 20.1 Å². The third-order valence-electron chi connectivity index (χ3n) is 4.02. The van der Waals surface area contributed by atoms with E-state index < -0.39 is 6.04 Å². The van der Waals surface area contributed by atoms with E-state index in [0.29, 0.717) is 35.1 Å². The van der Waals surface area contributed by atoms with Gasteiger partial charge in [0.1, 0.15) is 6.04 Å². The molecule has 0 aliphatic rings. The first-order valence-corrected chi connectivity index (χ1v) is 8.88. The molecule has 0 aliphatic carbocycles. The van der Waals surface area contributed by atoms with Gasteiger partial charge >= 0.3 is 0 Å². The van der Waals surface area contributed by atoms with E-state index in [1.165, 1.54) is 0 Å². The Morgan fingerprint density at radius 2 is 1.78 bits per heavy atom. The van der Waals surface area contributed by atoms with Crippen molar-refractivity contribution >= 4 is 23.4 Å². The fourth-order valence-electron chi connectivity index (χ4n) is 2.50. The van der Waals surface area contributed by atoms with E-state index in [2.05, 4.69) is 10.6 Å². The maximum atomic E-state index is 12.2. The second-order valence-electron chi connectivity index (χ2n) is 5.91. The standard InChI is InChI=1S/C20H23ClN2O4/c1-13(23-20(25)15-6-4-5-7-16(15)21)19(24)22-11-10-14-8-9-17(26-2)18(12-14)27-3/h4-9,12-13H,10-11H2,1-3H3,(H,22,24)(H,23,25)/t13-/m0/s1. The Labute approximate surface area is 163 Å². The molecule has 144 valence electrons. The van der Waals surface area contributed by atoms with Gasteiger partial charge in [-0.25, -0.2) is 0 Å². The van der Waals surface area contributed by atoms with Gasteiger partial charge in [0.25, 0.3) is 5.91 Å². The molecule has 2 N–H and O–H groups in total. The van der Waals surface area contributed by atoms with E-state index in [9.17, 15) is 9.59 Å². The van der Waals surface area contributed by atoms with Crippen molar-refractivity contribution in [1.82, 2.24) is 10.6 Å². The zero-order valence-corrected chi connectivity index (χ0v) is 16.3. The van der Waals surface area contributed by atoms with Gasteiger partial charge in [0.05, 0.1) is 24.8 Å². The number of amides is 2. The minimum atomic E-state index is -0.681. The molecule has 0 radical (unpaired) electrons. The number of ether oxygens (including phenoxy) is 2. The molecule has 2 aromatic carbocycles. The number of carbonyl (C=O) groups is 2. The molecule has 27 heavy (non-hydrogen) atoms. The number of benzene rings is 2. The summed E-state index contributed by atoms with van der Waals surface area (Å²) in [6.45, 7) is 2.06. The normalized spacial score (nSPS) is 11.4. The maximum Gasteiger partial charge on any atom is 0.253 e. The molecule has 0 unspecified atom stereocenters. The summed E-state index contributed by atoms with van der Waals surface area (Å²) in [7, 11) is 3.16. The lowest BCUT2D eigenvalue weighted by molar-refractivity contribution is -0.122. The number of halogens is 1. The van der Waals surface area contributed by atoms with Crippen molar-refractivity contribution < 1.29 is 19.1 Å². The van der Waals surface area contributed by atoms with Crippen molar-refractivity contribution in [3.8, 4) is 11.5 Å². The SMILES string of the molecule is COc1ccc(CCNC(=O)[C@H](C)NC(=O)c2ccccc2Cl)cc1OC. The van der Waals surface area contributed by atoms with E-state index in [-0.39, 0.29) is 11.8 Å². The summed E-state index contributed by atoms with van der Waals surface area (Å²) in [5.74, 6) is 0.641. The molecule has 2 amide bonds. The Bertz CT molecular complexity index is 810. The van der Waals surface area contributed by atoms with Crippen LogP contribution in [0.25, 0.3) is 0 Å². The van der Waals surface area contributed by atoms with Gasteiger partial charge in [-0.2, -0.15) is 0 Å². The highest BCUT2D eigenvalue weighted by atomic mass is 35.5. The summed E-state index contributed by atoms with van der Waals surface area (Å²) in [6, 6.07) is 11.6. The predicted octanol–water partition coefficient (Wildman–Crippen LogP) is 2.83. The summed E-state index contributed by atoms with van der Waals surface area (Å²) in [5, 5.41) is 5.80. The average Bonchev–Trinajstić information content (AvgIpc) is 2.67. The Kier molecular flexibility index (Phi) is 7.49. The van der Waals surface area contributed by atoms with Crippen molar-refractivity contribution in [3.63, 3.8) is 0 Å². The molecule has 2 rings (SSSR count). The van der Waals surface area contributed by atoms with Gasteiger partial charge in [-0.05, 0) is 43.2 Å². The molecule has 0 aromatic heterocycles. The topological polar surface area (TPSA) is 76.7 Å². The smallest absolute Gasteiger partial charge is 0.253 e. The molecule has 2 aromatic rings. The molecule has 0 bridgehead atoms. The first kappa shape index (κ1) is 20.6. The Hall–Kier alpha value is -2.73. The Morgan fingerprint density at radius 3 is 2.44 bits per heavy atom. The van der Waals surface area contributed by atoms with E-state index >= 15 is 0 Å². The van der Waals surface area contributed by atoms with Gasteiger partial charge in [-0.1, -0.05) is 29.8 Å². The fourth-order valence-corrected chi connectivity index (χ4v) is 2.73. The molecule has 0 heterocycles. The Morgan fingerprint density at radius 1 is 1.07 bits per heavy atom. The lowest BCUT2D eigenvalue weighted by Crippen LogP contribution is -2.45. The summed E-state index contributed by atoms with van der Waals surface area (Å²) in [5.41, 5.74) is 1.34. The van der Waals surface area contributed by atoms with Gasteiger partial charge in [0.2, 0.25) is 5.91 Å². The third-order valence-corrected chi connectivity index (χ3v) is 4.35. The lowest BCUT2D eigenvalue weighted by atomic mass is 10.1. The minimum Gasteiger partial charge on any atom is -0.493 e. The molecule has 7 heteroatoms. The van der Waals surface area contributed by atoms with Crippen LogP contribution in [0, 0.1) is 0 Å². The van der Waals surface area contributed by atoms with Crippen molar-refractivity contribution in [2.24, 2.45) is 0 Å².